The van der Waals surface area contributed by atoms with Gasteiger partial charge in [-0.15, -0.1) is 0 Å². The SMILES string of the molecule is COc1cc(-c2nc3n(n2)CCC[C@@H]3c2ccccc2C(F)(F)F)cnc1-n1cnc(C)c1.COc1cc(-c2nc3n(n2)CCC[C@H]3c2ccccc2C(F)(F)F)cnc1-n1cnc(C)c1. The molecule has 0 aliphatic carbocycles. The molecule has 2 aliphatic rings. The molecule has 0 saturated heterocycles. The zero-order valence-corrected chi connectivity index (χ0v) is 36.1. The zero-order chi connectivity index (χ0) is 46.3. The summed E-state index contributed by atoms with van der Waals surface area (Å²) >= 11 is 0. The number of imidazole rings is 2. The van der Waals surface area contributed by atoms with Crippen LogP contribution in [-0.2, 0) is 25.4 Å². The number of methoxy groups -OCH3 is 2. The van der Waals surface area contributed by atoms with Gasteiger partial charge in [0.2, 0.25) is 0 Å². The van der Waals surface area contributed by atoms with E-state index >= 15 is 0 Å². The standard InChI is InChI=1S/2C23H21F3N6O/c2*1-14-12-31(13-28-14)22-19(33-2)10-15(11-27-22)20-29-21-17(7-5-9-32(21)30-20)16-6-3-4-8-18(16)23(24,25)26/h2*3-4,6,8,10-13,17H,5,7,9H2,1-2H3/t2*17-/m10/s1. The molecule has 0 fully saturated rings. The summed E-state index contributed by atoms with van der Waals surface area (Å²) in [5, 5.41) is 9.16. The first-order valence-corrected chi connectivity index (χ1v) is 21.0. The Morgan fingerprint density at radius 1 is 0.576 bits per heavy atom. The summed E-state index contributed by atoms with van der Waals surface area (Å²) in [6.07, 6.45) is 3.95. The molecule has 0 saturated carbocycles. The lowest BCUT2D eigenvalue weighted by atomic mass is 9.88. The van der Waals surface area contributed by atoms with E-state index in [4.69, 9.17) is 9.47 Å². The van der Waals surface area contributed by atoms with Crippen LogP contribution < -0.4 is 9.47 Å². The fourth-order valence-corrected chi connectivity index (χ4v) is 8.53. The van der Waals surface area contributed by atoms with Gasteiger partial charge < -0.3 is 9.47 Å². The molecule has 10 rings (SSSR count). The number of benzene rings is 2. The Morgan fingerprint density at radius 3 is 1.35 bits per heavy atom. The summed E-state index contributed by atoms with van der Waals surface area (Å²) in [5.74, 6) is 3.06. The van der Waals surface area contributed by atoms with Gasteiger partial charge in [0, 0.05) is 60.8 Å². The first kappa shape index (κ1) is 43.9. The number of rotatable bonds is 8. The molecule has 2 aliphatic heterocycles. The summed E-state index contributed by atoms with van der Waals surface area (Å²) in [5.41, 5.74) is 2.13. The number of nitrogens with zero attached hydrogens (tertiary/aromatic N) is 12. The van der Waals surface area contributed by atoms with Crippen molar-refractivity contribution in [2.45, 2.75) is 76.8 Å². The number of aryl methyl sites for hydroxylation is 4. The summed E-state index contributed by atoms with van der Waals surface area (Å²) < 4.78 is 99.8. The monoisotopic (exact) mass is 908 g/mol. The van der Waals surface area contributed by atoms with Crippen LogP contribution in [0.15, 0.2) is 98.1 Å². The van der Waals surface area contributed by atoms with Crippen LogP contribution in [0.25, 0.3) is 34.4 Å². The van der Waals surface area contributed by atoms with Crippen molar-refractivity contribution in [3.63, 3.8) is 0 Å². The third-order valence-corrected chi connectivity index (χ3v) is 11.6. The zero-order valence-electron chi connectivity index (χ0n) is 36.1. The highest BCUT2D eigenvalue weighted by atomic mass is 19.4. The Hall–Kier alpha value is -7.38. The molecule has 8 aromatic rings. The number of hydrogen-bond donors (Lipinski definition) is 0. The molecule has 0 unspecified atom stereocenters. The van der Waals surface area contributed by atoms with Gasteiger partial charge in [0.15, 0.2) is 34.8 Å². The maximum Gasteiger partial charge on any atom is 0.416 e. The van der Waals surface area contributed by atoms with Crippen molar-refractivity contribution in [3.8, 4) is 45.9 Å². The Balaban J connectivity index is 0.000000166. The highest BCUT2D eigenvalue weighted by molar-refractivity contribution is 5.61. The summed E-state index contributed by atoms with van der Waals surface area (Å²) in [7, 11) is 3.09. The highest BCUT2D eigenvalue weighted by Crippen LogP contribution is 2.43. The predicted octanol–water partition coefficient (Wildman–Crippen LogP) is 9.57. The molecule has 0 bridgehead atoms. The smallest absolute Gasteiger partial charge is 0.416 e. The van der Waals surface area contributed by atoms with Crippen molar-refractivity contribution in [1.29, 1.82) is 0 Å². The topological polar surface area (TPSA) is 141 Å². The van der Waals surface area contributed by atoms with Crippen LogP contribution in [0.1, 0.15) is 82.8 Å². The number of halogens is 6. The van der Waals surface area contributed by atoms with Crippen LogP contribution >= 0.6 is 0 Å². The van der Waals surface area contributed by atoms with Crippen molar-refractivity contribution in [3.05, 3.63) is 143 Å². The molecule has 340 valence electrons. The largest absolute Gasteiger partial charge is 0.493 e. The minimum atomic E-state index is -4.43. The molecule has 20 heteroatoms. The fraction of sp³-hybridized carbons (Fsp3) is 0.304. The van der Waals surface area contributed by atoms with E-state index in [2.05, 4.69) is 40.1 Å². The van der Waals surface area contributed by atoms with E-state index in [1.807, 2.05) is 26.2 Å². The molecule has 14 nitrogen and oxygen atoms in total. The summed E-state index contributed by atoms with van der Waals surface area (Å²) in [6.45, 7) is 4.96. The Labute approximate surface area is 374 Å². The average molecular weight is 909 g/mol. The molecular weight excluding hydrogens is 867 g/mol. The second-order valence-electron chi connectivity index (χ2n) is 15.9. The minimum Gasteiger partial charge on any atom is -0.493 e. The lowest BCUT2D eigenvalue weighted by Gasteiger charge is -2.25. The predicted molar refractivity (Wildman–Crippen MR) is 228 cm³/mol. The van der Waals surface area contributed by atoms with Gasteiger partial charge in [0.25, 0.3) is 0 Å². The van der Waals surface area contributed by atoms with Gasteiger partial charge in [-0.3, -0.25) is 9.13 Å². The molecule has 0 N–H and O–H groups in total. The summed E-state index contributed by atoms with van der Waals surface area (Å²) in [4.78, 5) is 26.7. The van der Waals surface area contributed by atoms with Crippen molar-refractivity contribution in [2.75, 3.05) is 14.2 Å². The van der Waals surface area contributed by atoms with Crippen molar-refractivity contribution in [1.82, 2.24) is 58.6 Å². The summed E-state index contributed by atoms with van der Waals surface area (Å²) in [6, 6.07) is 14.9. The molecule has 2 atom stereocenters. The average Bonchev–Trinajstić information content (AvgIpc) is 4.15. The molecule has 0 radical (unpaired) electrons. The molecule has 66 heavy (non-hydrogen) atoms. The van der Waals surface area contributed by atoms with E-state index in [9.17, 15) is 26.3 Å². The van der Waals surface area contributed by atoms with Gasteiger partial charge in [0.1, 0.15) is 24.3 Å². The lowest BCUT2D eigenvalue weighted by Crippen LogP contribution is -2.21. The van der Waals surface area contributed by atoms with Crippen molar-refractivity contribution < 1.29 is 35.8 Å². The van der Waals surface area contributed by atoms with Gasteiger partial charge in [-0.05, 0) is 74.9 Å². The first-order valence-electron chi connectivity index (χ1n) is 21.0. The second-order valence-corrected chi connectivity index (χ2v) is 15.9. The van der Waals surface area contributed by atoms with Crippen LogP contribution in [0.4, 0.5) is 26.3 Å². The quantitative estimate of drug-likeness (QED) is 0.135. The Morgan fingerprint density at radius 2 is 0.985 bits per heavy atom. The minimum absolute atomic E-state index is 0.228. The van der Waals surface area contributed by atoms with Crippen LogP contribution in [0, 0.1) is 13.8 Å². The number of fused-ring (bicyclic) bond motifs is 2. The number of alkyl halides is 6. The molecule has 8 heterocycles. The Bertz CT molecular complexity index is 2820. The van der Waals surface area contributed by atoms with E-state index in [1.54, 1.807) is 82.0 Å². The van der Waals surface area contributed by atoms with Crippen LogP contribution in [-0.4, -0.2) is 72.8 Å². The van der Waals surface area contributed by atoms with Crippen LogP contribution in [0.5, 0.6) is 11.5 Å². The normalized spacial score (nSPS) is 16.0. The lowest BCUT2D eigenvalue weighted by molar-refractivity contribution is -0.139. The number of aromatic nitrogens is 12. The van der Waals surface area contributed by atoms with Gasteiger partial charge in [-0.2, -0.15) is 36.5 Å². The molecule has 0 spiro atoms. The highest BCUT2D eigenvalue weighted by Gasteiger charge is 2.39. The van der Waals surface area contributed by atoms with Gasteiger partial charge in [-0.25, -0.2) is 39.3 Å². The third kappa shape index (κ3) is 8.61. The van der Waals surface area contributed by atoms with Gasteiger partial charge >= 0.3 is 12.4 Å². The second kappa shape index (κ2) is 17.5. The van der Waals surface area contributed by atoms with E-state index < -0.39 is 35.3 Å². The van der Waals surface area contributed by atoms with E-state index in [0.29, 0.717) is 96.3 Å². The van der Waals surface area contributed by atoms with E-state index in [1.165, 1.54) is 24.3 Å². The molecule has 2 aromatic carbocycles. The van der Waals surface area contributed by atoms with Gasteiger partial charge in [-0.1, -0.05) is 36.4 Å². The van der Waals surface area contributed by atoms with Gasteiger partial charge in [0.05, 0.1) is 36.7 Å². The van der Waals surface area contributed by atoms with Crippen molar-refractivity contribution >= 4 is 0 Å². The number of pyridine rings is 2. The fourth-order valence-electron chi connectivity index (χ4n) is 8.53. The van der Waals surface area contributed by atoms with Crippen molar-refractivity contribution in [2.24, 2.45) is 0 Å². The van der Waals surface area contributed by atoms with Crippen LogP contribution in [0.2, 0.25) is 0 Å². The van der Waals surface area contributed by atoms with E-state index in [0.717, 1.165) is 23.5 Å². The number of ether oxygens (including phenoxy) is 2. The van der Waals surface area contributed by atoms with E-state index in [-0.39, 0.29) is 11.1 Å². The van der Waals surface area contributed by atoms with Crippen LogP contribution in [0.3, 0.4) is 0 Å². The Kier molecular flexibility index (Phi) is 11.7. The third-order valence-electron chi connectivity index (χ3n) is 11.6. The number of hydrogen-bond acceptors (Lipinski definition) is 10. The molecule has 6 aromatic heterocycles. The first-order chi connectivity index (χ1) is 31.7. The maximum atomic E-state index is 13.6. The maximum absolute atomic E-state index is 13.6. The molecule has 0 amide bonds. The molecular formula is C46H42F6N12O2.